The molecule has 0 aromatic carbocycles. The van der Waals surface area contributed by atoms with Crippen molar-refractivity contribution < 1.29 is 21.6 Å². The summed E-state index contributed by atoms with van der Waals surface area (Å²) in [6.45, 7) is 3.26. The van der Waals surface area contributed by atoms with Crippen molar-refractivity contribution >= 4 is 26.7 Å². The van der Waals surface area contributed by atoms with Crippen LogP contribution in [0.4, 0.5) is 18.3 Å². The Bertz CT molecular complexity index is 538. The van der Waals surface area contributed by atoms with Crippen LogP contribution in [0.2, 0.25) is 0 Å². The monoisotopic (exact) mass is 318 g/mol. The molecule has 0 aliphatic carbocycles. The Hall–Kier alpha value is -0.940. The molecular formula is C8H13F3N4O2S2. The molecule has 19 heavy (non-hydrogen) atoms. The van der Waals surface area contributed by atoms with Gasteiger partial charge in [0.2, 0.25) is 21.0 Å². The summed E-state index contributed by atoms with van der Waals surface area (Å²) >= 11 is 0.566. The van der Waals surface area contributed by atoms with E-state index in [4.69, 9.17) is 0 Å². The summed E-state index contributed by atoms with van der Waals surface area (Å²) < 4.78 is 64.5. The highest BCUT2D eigenvalue weighted by Gasteiger charge is 2.36. The number of aromatic nitrogens is 2. The first-order chi connectivity index (χ1) is 8.39. The number of halogens is 3. The molecule has 11 heteroatoms. The highest BCUT2D eigenvalue weighted by molar-refractivity contribution is 7.88. The summed E-state index contributed by atoms with van der Waals surface area (Å²) in [6, 6.07) is 0. The SMILES string of the molecule is CC(C)(CNc1nc(C(F)(F)F)ns1)NS(C)(=O)=O. The average Bonchev–Trinajstić information content (AvgIpc) is 2.58. The quantitative estimate of drug-likeness (QED) is 0.855. The molecule has 0 saturated carbocycles. The molecule has 0 atom stereocenters. The highest BCUT2D eigenvalue weighted by Crippen LogP contribution is 2.29. The molecule has 1 aromatic heterocycles. The third-order valence-corrected chi connectivity index (χ3v) is 3.42. The number of hydrogen-bond donors (Lipinski definition) is 2. The van der Waals surface area contributed by atoms with E-state index >= 15 is 0 Å². The third-order valence-electron chi connectivity index (χ3n) is 1.82. The molecule has 0 aliphatic heterocycles. The van der Waals surface area contributed by atoms with Crippen molar-refractivity contribution in [3.63, 3.8) is 0 Å². The molecule has 110 valence electrons. The van der Waals surface area contributed by atoms with Gasteiger partial charge in [-0.05, 0) is 13.8 Å². The second kappa shape index (κ2) is 5.21. The zero-order valence-corrected chi connectivity index (χ0v) is 12.0. The van der Waals surface area contributed by atoms with Gasteiger partial charge in [0, 0.05) is 23.6 Å². The lowest BCUT2D eigenvalue weighted by molar-refractivity contribution is -0.144. The van der Waals surface area contributed by atoms with Crippen LogP contribution >= 0.6 is 11.5 Å². The third kappa shape index (κ3) is 5.70. The van der Waals surface area contributed by atoms with Gasteiger partial charge < -0.3 is 5.32 Å². The molecule has 1 rings (SSSR count). The number of nitrogens with one attached hydrogen (secondary N) is 2. The van der Waals surface area contributed by atoms with Gasteiger partial charge in [-0.25, -0.2) is 13.1 Å². The molecule has 0 amide bonds. The minimum Gasteiger partial charge on any atom is -0.358 e. The Morgan fingerprint density at radius 1 is 1.32 bits per heavy atom. The molecule has 2 N–H and O–H groups in total. The van der Waals surface area contributed by atoms with E-state index in [9.17, 15) is 21.6 Å². The van der Waals surface area contributed by atoms with Crippen LogP contribution in [-0.4, -0.2) is 36.1 Å². The van der Waals surface area contributed by atoms with Crippen LogP contribution in [0.3, 0.4) is 0 Å². The first-order valence-electron chi connectivity index (χ1n) is 5.03. The molecule has 0 radical (unpaired) electrons. The first kappa shape index (κ1) is 16.1. The lowest BCUT2D eigenvalue weighted by Crippen LogP contribution is -2.47. The number of sulfonamides is 1. The van der Waals surface area contributed by atoms with Gasteiger partial charge in [-0.2, -0.15) is 22.5 Å². The predicted molar refractivity (Wildman–Crippen MR) is 65.5 cm³/mol. The van der Waals surface area contributed by atoms with Gasteiger partial charge in [-0.3, -0.25) is 0 Å². The van der Waals surface area contributed by atoms with Crippen LogP contribution in [0.1, 0.15) is 19.7 Å². The second-order valence-electron chi connectivity index (χ2n) is 4.53. The van der Waals surface area contributed by atoms with Crippen molar-refractivity contribution in [3.05, 3.63) is 5.82 Å². The Morgan fingerprint density at radius 3 is 2.32 bits per heavy atom. The van der Waals surface area contributed by atoms with Gasteiger partial charge in [0.1, 0.15) is 0 Å². The zero-order valence-electron chi connectivity index (χ0n) is 10.4. The van der Waals surface area contributed by atoms with Crippen molar-refractivity contribution in [1.29, 1.82) is 0 Å². The van der Waals surface area contributed by atoms with E-state index in [1.165, 1.54) is 0 Å². The molecule has 0 saturated heterocycles. The second-order valence-corrected chi connectivity index (χ2v) is 7.03. The van der Waals surface area contributed by atoms with Crippen LogP contribution < -0.4 is 10.0 Å². The van der Waals surface area contributed by atoms with Gasteiger partial charge in [-0.1, -0.05) is 0 Å². The standard InChI is InChI=1S/C8H13F3N4O2S2/c1-7(2,15-19(3,16)17)4-12-6-13-5(14-18-6)8(9,10)11/h15H,4H2,1-3H3,(H,12,13,14). The zero-order chi connectivity index (χ0) is 14.9. The van der Waals surface area contributed by atoms with E-state index in [1.54, 1.807) is 13.8 Å². The topological polar surface area (TPSA) is 84.0 Å². The van der Waals surface area contributed by atoms with Crippen LogP contribution in [0.5, 0.6) is 0 Å². The molecule has 0 unspecified atom stereocenters. The Morgan fingerprint density at radius 2 is 1.89 bits per heavy atom. The van der Waals surface area contributed by atoms with Crippen LogP contribution in [0.25, 0.3) is 0 Å². The number of hydrogen-bond acceptors (Lipinski definition) is 6. The van der Waals surface area contributed by atoms with E-state index in [0.29, 0.717) is 11.5 Å². The number of nitrogens with zero attached hydrogens (tertiary/aromatic N) is 2. The number of alkyl halides is 3. The van der Waals surface area contributed by atoms with Gasteiger partial charge >= 0.3 is 6.18 Å². The normalized spacial score (nSPS) is 13.6. The summed E-state index contributed by atoms with van der Waals surface area (Å²) in [5, 5.41) is 2.60. The maximum absolute atomic E-state index is 12.3. The van der Waals surface area contributed by atoms with Gasteiger partial charge in [0.05, 0.1) is 6.26 Å². The smallest absolute Gasteiger partial charge is 0.358 e. The fourth-order valence-electron chi connectivity index (χ4n) is 1.24. The molecule has 0 spiro atoms. The minimum absolute atomic E-state index is 0.0179. The summed E-state index contributed by atoms with van der Waals surface area (Å²) in [4.78, 5) is 3.28. The van der Waals surface area contributed by atoms with Gasteiger partial charge in [0.15, 0.2) is 0 Å². The first-order valence-corrected chi connectivity index (χ1v) is 7.69. The van der Waals surface area contributed by atoms with E-state index in [0.717, 1.165) is 6.26 Å². The maximum atomic E-state index is 12.3. The summed E-state index contributed by atoms with van der Waals surface area (Å²) in [5.41, 5.74) is -0.863. The molecule has 1 aromatic rings. The van der Waals surface area contributed by atoms with Crippen molar-refractivity contribution in [3.8, 4) is 0 Å². The highest BCUT2D eigenvalue weighted by atomic mass is 32.2. The molecule has 0 fully saturated rings. The summed E-state index contributed by atoms with van der Waals surface area (Å²) in [5.74, 6) is -1.21. The van der Waals surface area contributed by atoms with Crippen LogP contribution in [-0.2, 0) is 16.2 Å². The van der Waals surface area contributed by atoms with Crippen LogP contribution in [0.15, 0.2) is 0 Å². The van der Waals surface area contributed by atoms with Crippen molar-refractivity contribution in [1.82, 2.24) is 14.1 Å². The molecule has 0 aliphatic rings. The lowest BCUT2D eigenvalue weighted by Gasteiger charge is -2.24. The van der Waals surface area contributed by atoms with Gasteiger partial charge in [0.25, 0.3) is 0 Å². The fourth-order valence-corrected chi connectivity index (χ4v) is 2.90. The Balaban J connectivity index is 2.65. The average molecular weight is 318 g/mol. The van der Waals surface area contributed by atoms with E-state index in [2.05, 4.69) is 19.4 Å². The molecule has 6 nitrogen and oxygen atoms in total. The Labute approximate surface area is 112 Å². The molecule has 1 heterocycles. The minimum atomic E-state index is -4.59. The predicted octanol–water partition coefficient (Wildman–Crippen LogP) is 1.30. The summed E-state index contributed by atoms with van der Waals surface area (Å²) in [7, 11) is -3.41. The van der Waals surface area contributed by atoms with Crippen molar-refractivity contribution in [2.75, 3.05) is 18.1 Å². The van der Waals surface area contributed by atoms with Gasteiger partial charge in [-0.15, -0.1) is 0 Å². The molecule has 0 bridgehead atoms. The lowest BCUT2D eigenvalue weighted by atomic mass is 10.1. The van der Waals surface area contributed by atoms with Crippen molar-refractivity contribution in [2.45, 2.75) is 25.6 Å². The summed E-state index contributed by atoms with van der Waals surface area (Å²) in [6.07, 6.45) is -3.58. The van der Waals surface area contributed by atoms with E-state index in [-0.39, 0.29) is 11.7 Å². The number of anilines is 1. The largest absolute Gasteiger partial charge is 0.452 e. The maximum Gasteiger partial charge on any atom is 0.452 e. The van der Waals surface area contributed by atoms with Crippen LogP contribution in [0, 0.1) is 0 Å². The van der Waals surface area contributed by atoms with E-state index in [1.807, 2.05) is 0 Å². The Kier molecular flexibility index (Phi) is 4.42. The molecular weight excluding hydrogens is 305 g/mol. The van der Waals surface area contributed by atoms with E-state index < -0.39 is 27.6 Å². The fraction of sp³-hybridized carbons (Fsp3) is 0.750. The van der Waals surface area contributed by atoms with Crippen molar-refractivity contribution in [2.24, 2.45) is 0 Å². The number of rotatable bonds is 5.